The lowest BCUT2D eigenvalue weighted by Gasteiger charge is -2.11. The average Bonchev–Trinajstić information content (AvgIpc) is 3.49. The van der Waals surface area contributed by atoms with Gasteiger partial charge in [0.15, 0.2) is 11.5 Å². The van der Waals surface area contributed by atoms with E-state index in [1.54, 1.807) is 43.8 Å². The zero-order chi connectivity index (χ0) is 18.4. The molecule has 1 heterocycles. The van der Waals surface area contributed by atoms with Gasteiger partial charge in [-0.1, -0.05) is 12.1 Å². The van der Waals surface area contributed by atoms with Crippen LogP contribution >= 0.6 is 0 Å². The van der Waals surface area contributed by atoms with E-state index in [-0.39, 0.29) is 17.5 Å². The molecule has 0 unspecified atom stereocenters. The monoisotopic (exact) mass is 349 g/mol. The zero-order valence-electron chi connectivity index (χ0n) is 14.4. The third kappa shape index (κ3) is 4.61. The van der Waals surface area contributed by atoms with E-state index in [9.17, 15) is 10.1 Å². The fraction of sp³-hybridized carbons (Fsp3) is 0.250. The van der Waals surface area contributed by atoms with Gasteiger partial charge >= 0.3 is 0 Å². The van der Waals surface area contributed by atoms with Crippen LogP contribution in [0.2, 0.25) is 0 Å². The maximum Gasteiger partial charge on any atom is 0.262 e. The molecule has 1 amide bonds. The fourth-order valence-electron chi connectivity index (χ4n) is 2.35. The lowest BCUT2D eigenvalue weighted by Crippen LogP contribution is -2.26. The molecule has 0 aliphatic heterocycles. The summed E-state index contributed by atoms with van der Waals surface area (Å²) in [4.78, 5) is 16.1. The second kappa shape index (κ2) is 8.17. The summed E-state index contributed by atoms with van der Waals surface area (Å²) in [6.45, 7) is 0.338. The Balaban J connectivity index is 1.78. The van der Waals surface area contributed by atoms with E-state index in [2.05, 4.69) is 10.3 Å². The van der Waals surface area contributed by atoms with E-state index in [0.29, 0.717) is 23.7 Å². The number of benzene rings is 1. The van der Waals surface area contributed by atoms with Crippen LogP contribution in [0, 0.1) is 11.3 Å². The van der Waals surface area contributed by atoms with Gasteiger partial charge in [-0.2, -0.15) is 5.26 Å². The van der Waals surface area contributed by atoms with E-state index in [0.717, 1.165) is 18.4 Å². The van der Waals surface area contributed by atoms with Crippen LogP contribution in [0.4, 0.5) is 0 Å². The Labute approximate surface area is 152 Å². The Morgan fingerprint density at radius 1 is 1.38 bits per heavy atom. The Morgan fingerprint density at radius 2 is 2.23 bits per heavy atom. The van der Waals surface area contributed by atoms with E-state index in [1.165, 1.54) is 0 Å². The Kier molecular flexibility index (Phi) is 5.49. The van der Waals surface area contributed by atoms with Crippen molar-refractivity contribution in [3.8, 4) is 17.6 Å². The highest BCUT2D eigenvalue weighted by Crippen LogP contribution is 2.30. The van der Waals surface area contributed by atoms with Crippen LogP contribution < -0.4 is 14.8 Å². The van der Waals surface area contributed by atoms with Crippen LogP contribution in [0.5, 0.6) is 11.5 Å². The van der Waals surface area contributed by atoms with Crippen LogP contribution in [-0.4, -0.2) is 24.0 Å². The number of hydrogen-bond donors (Lipinski definition) is 1. The molecule has 6 nitrogen and oxygen atoms in total. The molecule has 0 bridgehead atoms. The first-order valence-corrected chi connectivity index (χ1v) is 8.32. The first-order valence-electron chi connectivity index (χ1n) is 8.32. The van der Waals surface area contributed by atoms with Gasteiger partial charge < -0.3 is 14.8 Å². The number of nitriles is 1. The number of nitrogens with zero attached hydrogens (tertiary/aromatic N) is 2. The lowest BCUT2D eigenvalue weighted by molar-refractivity contribution is -0.117. The van der Waals surface area contributed by atoms with Crippen LogP contribution in [0.1, 0.15) is 24.0 Å². The van der Waals surface area contributed by atoms with Gasteiger partial charge in [0.25, 0.3) is 5.91 Å². The van der Waals surface area contributed by atoms with Gasteiger partial charge in [0.1, 0.15) is 18.2 Å². The number of aromatic nitrogens is 1. The molecule has 0 saturated heterocycles. The molecule has 6 heteroatoms. The van der Waals surface area contributed by atoms with E-state index >= 15 is 0 Å². The van der Waals surface area contributed by atoms with Crippen molar-refractivity contribution in [2.45, 2.75) is 25.5 Å². The molecule has 1 aliphatic rings. The number of ether oxygens (including phenoxy) is 2. The third-order valence-electron chi connectivity index (χ3n) is 3.89. The molecule has 2 aromatic rings. The minimum Gasteiger partial charge on any atom is -0.493 e. The summed E-state index contributed by atoms with van der Waals surface area (Å²) < 4.78 is 11.2. The topological polar surface area (TPSA) is 84.2 Å². The van der Waals surface area contributed by atoms with Gasteiger partial charge in [-0.15, -0.1) is 0 Å². The third-order valence-corrected chi connectivity index (χ3v) is 3.89. The highest BCUT2D eigenvalue weighted by molar-refractivity contribution is 6.02. The summed E-state index contributed by atoms with van der Waals surface area (Å²) in [5.41, 5.74) is 1.69. The maximum absolute atomic E-state index is 12.1. The van der Waals surface area contributed by atoms with Crippen LogP contribution in [-0.2, 0) is 11.4 Å². The number of carbonyl (C=O) groups excluding carboxylic acids is 1. The minimum atomic E-state index is -0.344. The van der Waals surface area contributed by atoms with Gasteiger partial charge in [0.2, 0.25) is 0 Å². The predicted molar refractivity (Wildman–Crippen MR) is 96.3 cm³/mol. The molecule has 0 atom stereocenters. The number of hydrogen-bond acceptors (Lipinski definition) is 5. The van der Waals surface area contributed by atoms with Gasteiger partial charge in [0.05, 0.1) is 7.11 Å². The lowest BCUT2D eigenvalue weighted by atomic mass is 10.1. The van der Waals surface area contributed by atoms with Gasteiger partial charge in [0, 0.05) is 24.0 Å². The fourth-order valence-corrected chi connectivity index (χ4v) is 2.35. The number of nitrogens with one attached hydrogen (secondary N) is 1. The molecule has 0 radical (unpaired) electrons. The zero-order valence-corrected chi connectivity index (χ0v) is 14.4. The van der Waals surface area contributed by atoms with Gasteiger partial charge in [-0.05, 0) is 42.7 Å². The summed E-state index contributed by atoms with van der Waals surface area (Å²) in [6, 6.07) is 11.2. The van der Waals surface area contributed by atoms with Gasteiger partial charge in [-0.3, -0.25) is 9.78 Å². The number of amides is 1. The van der Waals surface area contributed by atoms with Crippen LogP contribution in [0.25, 0.3) is 6.08 Å². The van der Waals surface area contributed by atoms with Crippen molar-refractivity contribution in [2.24, 2.45) is 0 Å². The van der Waals surface area contributed by atoms with E-state index < -0.39 is 0 Å². The van der Waals surface area contributed by atoms with E-state index in [4.69, 9.17) is 9.47 Å². The number of rotatable bonds is 7. The Bertz CT molecular complexity index is 852. The SMILES string of the molecule is COc1ccc(C=C(C#N)C(=O)NC2CC2)cc1OCc1cccnc1. The summed E-state index contributed by atoms with van der Waals surface area (Å²) in [6.07, 6.45) is 6.92. The van der Waals surface area contributed by atoms with Crippen molar-refractivity contribution >= 4 is 12.0 Å². The second-order valence-corrected chi connectivity index (χ2v) is 5.98. The van der Waals surface area contributed by atoms with Crippen molar-refractivity contribution in [2.75, 3.05) is 7.11 Å². The predicted octanol–water partition coefficient (Wildman–Crippen LogP) is 2.85. The normalized spacial score (nSPS) is 13.6. The molecule has 0 spiro atoms. The molecule has 132 valence electrons. The van der Waals surface area contributed by atoms with E-state index in [1.807, 2.05) is 18.2 Å². The second-order valence-electron chi connectivity index (χ2n) is 5.98. The standard InChI is InChI=1S/C20H19N3O3/c1-25-18-7-4-14(9-16(11-21)20(24)23-17-5-6-17)10-19(18)26-13-15-3-2-8-22-12-15/h2-4,7-10,12,17H,5-6,13H2,1H3,(H,23,24). The molecule has 1 saturated carbocycles. The van der Waals surface area contributed by atoms with Gasteiger partial charge in [-0.25, -0.2) is 0 Å². The quantitative estimate of drug-likeness (QED) is 0.614. The molecule has 3 rings (SSSR count). The summed E-state index contributed by atoms with van der Waals surface area (Å²) in [5.74, 6) is 0.764. The van der Waals surface area contributed by atoms with Crippen molar-refractivity contribution in [3.05, 3.63) is 59.4 Å². The number of pyridine rings is 1. The summed E-state index contributed by atoms with van der Waals surface area (Å²) in [5, 5.41) is 12.1. The van der Waals surface area contributed by atoms with Crippen molar-refractivity contribution < 1.29 is 14.3 Å². The van der Waals surface area contributed by atoms with Crippen LogP contribution in [0.3, 0.4) is 0 Å². The summed E-state index contributed by atoms with van der Waals surface area (Å²) in [7, 11) is 1.56. The molecule has 1 fully saturated rings. The Morgan fingerprint density at radius 3 is 2.88 bits per heavy atom. The maximum atomic E-state index is 12.1. The number of methoxy groups -OCH3 is 1. The van der Waals surface area contributed by atoms with Crippen molar-refractivity contribution in [3.63, 3.8) is 0 Å². The van der Waals surface area contributed by atoms with Crippen molar-refractivity contribution in [1.82, 2.24) is 10.3 Å². The molecule has 26 heavy (non-hydrogen) atoms. The highest BCUT2D eigenvalue weighted by atomic mass is 16.5. The minimum absolute atomic E-state index is 0.0697. The molecule has 1 N–H and O–H groups in total. The molecule has 1 aromatic carbocycles. The number of carbonyl (C=O) groups is 1. The molecular weight excluding hydrogens is 330 g/mol. The first kappa shape index (κ1) is 17.5. The largest absolute Gasteiger partial charge is 0.493 e. The molecule has 1 aliphatic carbocycles. The summed E-state index contributed by atoms with van der Waals surface area (Å²) >= 11 is 0. The first-order chi connectivity index (χ1) is 12.7. The Hall–Kier alpha value is -3.33. The average molecular weight is 349 g/mol. The van der Waals surface area contributed by atoms with Crippen molar-refractivity contribution in [1.29, 1.82) is 5.26 Å². The molecule has 1 aromatic heterocycles. The highest BCUT2D eigenvalue weighted by Gasteiger charge is 2.24. The smallest absolute Gasteiger partial charge is 0.262 e. The molecular formula is C20H19N3O3. The van der Waals surface area contributed by atoms with Crippen LogP contribution in [0.15, 0.2) is 48.3 Å².